The minimum atomic E-state index is -0.372. The Labute approximate surface area is 85.6 Å². The van der Waals surface area contributed by atoms with Crippen LogP contribution < -0.4 is 0 Å². The summed E-state index contributed by atoms with van der Waals surface area (Å²) in [5, 5.41) is 4.75. The maximum Gasteiger partial charge on any atom is 0.141 e. The Balaban J connectivity index is 2.52. The van der Waals surface area contributed by atoms with Crippen LogP contribution in [0.4, 0.5) is 0 Å². The quantitative estimate of drug-likeness (QED) is 0.563. The summed E-state index contributed by atoms with van der Waals surface area (Å²) >= 11 is 0. The van der Waals surface area contributed by atoms with E-state index < -0.39 is 0 Å². The van der Waals surface area contributed by atoms with Crippen molar-refractivity contribution in [3.05, 3.63) is 0 Å². The second kappa shape index (κ2) is 2.34. The van der Waals surface area contributed by atoms with Crippen molar-refractivity contribution >= 4 is 0 Å². The lowest BCUT2D eigenvalue weighted by atomic mass is 9.65. The third-order valence-corrected chi connectivity index (χ3v) is 5.09. The van der Waals surface area contributed by atoms with E-state index in [1.165, 1.54) is 0 Å². The Morgan fingerprint density at radius 1 is 0.857 bits per heavy atom. The van der Waals surface area contributed by atoms with E-state index in [-0.39, 0.29) is 22.0 Å². The predicted molar refractivity (Wildman–Crippen MR) is 52.2 cm³/mol. The van der Waals surface area contributed by atoms with Gasteiger partial charge in [-0.2, -0.15) is 9.78 Å². The molecule has 0 spiro atoms. The fraction of sp³-hybridized carbons (Fsp3) is 1.00. The van der Waals surface area contributed by atoms with Crippen LogP contribution in [-0.4, -0.2) is 11.2 Å². The SMILES string of the molecule is CC1(C)CC2(C)OOOC2(C)C1(C)C. The van der Waals surface area contributed by atoms with Gasteiger partial charge in [0.05, 0.1) is 0 Å². The molecule has 1 saturated heterocycles. The zero-order chi connectivity index (χ0) is 10.8. The van der Waals surface area contributed by atoms with Gasteiger partial charge in [0, 0.05) is 5.41 Å². The van der Waals surface area contributed by atoms with Crippen molar-refractivity contribution in [3.63, 3.8) is 0 Å². The molecule has 2 atom stereocenters. The average Bonchev–Trinajstić information content (AvgIpc) is 2.31. The van der Waals surface area contributed by atoms with Crippen LogP contribution in [0.5, 0.6) is 0 Å². The molecule has 0 aromatic rings. The third-order valence-electron chi connectivity index (χ3n) is 5.09. The second-order valence-electron chi connectivity index (χ2n) is 6.18. The Bertz CT molecular complexity index is 272. The summed E-state index contributed by atoms with van der Waals surface area (Å²) in [5.41, 5.74) is -0.505. The topological polar surface area (TPSA) is 27.7 Å². The van der Waals surface area contributed by atoms with Crippen molar-refractivity contribution in [3.8, 4) is 0 Å². The van der Waals surface area contributed by atoms with E-state index in [0.717, 1.165) is 6.42 Å². The molecule has 82 valence electrons. The highest BCUT2D eigenvalue weighted by molar-refractivity contribution is 5.18. The van der Waals surface area contributed by atoms with Crippen molar-refractivity contribution in [2.24, 2.45) is 10.8 Å². The summed E-state index contributed by atoms with van der Waals surface area (Å²) in [6, 6.07) is 0. The minimum absolute atomic E-state index is 0.0191. The van der Waals surface area contributed by atoms with Crippen LogP contribution in [0.25, 0.3) is 0 Å². The highest BCUT2D eigenvalue weighted by atomic mass is 17.5. The molecule has 0 bridgehead atoms. The molecule has 2 rings (SSSR count). The van der Waals surface area contributed by atoms with E-state index in [4.69, 9.17) is 14.8 Å². The first kappa shape index (κ1) is 10.4. The van der Waals surface area contributed by atoms with Crippen LogP contribution in [0.3, 0.4) is 0 Å². The lowest BCUT2D eigenvalue weighted by Gasteiger charge is -2.42. The Kier molecular flexibility index (Phi) is 1.74. The first-order valence-electron chi connectivity index (χ1n) is 5.20. The fourth-order valence-electron chi connectivity index (χ4n) is 3.00. The number of rotatable bonds is 0. The standard InChI is InChI=1S/C11H20O3/c1-8(2)7-10(5)11(6,9(8,3)4)13-14-12-10/h7H2,1-6H3. The molecule has 0 amide bonds. The van der Waals surface area contributed by atoms with Gasteiger partial charge in [-0.05, 0) is 25.7 Å². The van der Waals surface area contributed by atoms with Gasteiger partial charge in [-0.3, -0.25) is 0 Å². The molecule has 0 aromatic heterocycles. The minimum Gasteiger partial charge on any atom is -0.197 e. The molecule has 3 nitrogen and oxygen atoms in total. The smallest absolute Gasteiger partial charge is 0.141 e. The zero-order valence-corrected chi connectivity index (χ0v) is 9.93. The van der Waals surface area contributed by atoms with Gasteiger partial charge in [0.25, 0.3) is 0 Å². The number of hydrogen-bond acceptors (Lipinski definition) is 3. The largest absolute Gasteiger partial charge is 0.197 e. The van der Waals surface area contributed by atoms with E-state index in [2.05, 4.69) is 41.5 Å². The van der Waals surface area contributed by atoms with Crippen molar-refractivity contribution in [1.82, 2.24) is 0 Å². The highest BCUT2D eigenvalue weighted by Gasteiger charge is 2.73. The van der Waals surface area contributed by atoms with Crippen LogP contribution in [0.2, 0.25) is 0 Å². The highest BCUT2D eigenvalue weighted by Crippen LogP contribution is 2.66. The Morgan fingerprint density at radius 3 is 1.93 bits per heavy atom. The van der Waals surface area contributed by atoms with Gasteiger partial charge >= 0.3 is 0 Å². The monoisotopic (exact) mass is 200 g/mol. The van der Waals surface area contributed by atoms with E-state index in [0.29, 0.717) is 0 Å². The van der Waals surface area contributed by atoms with Gasteiger partial charge in [-0.1, -0.05) is 32.7 Å². The van der Waals surface area contributed by atoms with Gasteiger partial charge in [0.2, 0.25) is 0 Å². The molecule has 0 N–H and O–H groups in total. The van der Waals surface area contributed by atoms with Gasteiger partial charge in [-0.25, -0.2) is 0 Å². The molecule has 2 aliphatic rings. The lowest BCUT2D eigenvalue weighted by molar-refractivity contribution is -0.489. The van der Waals surface area contributed by atoms with Crippen LogP contribution in [0, 0.1) is 10.8 Å². The maximum atomic E-state index is 5.40. The summed E-state index contributed by atoms with van der Waals surface area (Å²) in [6.45, 7) is 13.1. The van der Waals surface area contributed by atoms with Crippen LogP contribution in [0.15, 0.2) is 0 Å². The van der Waals surface area contributed by atoms with E-state index in [9.17, 15) is 0 Å². The molecule has 14 heavy (non-hydrogen) atoms. The lowest BCUT2D eigenvalue weighted by Crippen LogP contribution is -2.51. The molecule has 1 saturated carbocycles. The summed E-state index contributed by atoms with van der Waals surface area (Å²) in [5.74, 6) is 0. The van der Waals surface area contributed by atoms with Gasteiger partial charge < -0.3 is 0 Å². The van der Waals surface area contributed by atoms with Crippen molar-refractivity contribution in [2.45, 2.75) is 59.2 Å². The zero-order valence-electron chi connectivity index (χ0n) is 9.93. The van der Waals surface area contributed by atoms with Crippen LogP contribution in [-0.2, 0) is 14.8 Å². The fourth-order valence-corrected chi connectivity index (χ4v) is 3.00. The van der Waals surface area contributed by atoms with Crippen LogP contribution >= 0.6 is 0 Å². The molecule has 1 aliphatic carbocycles. The first-order valence-corrected chi connectivity index (χ1v) is 5.20. The van der Waals surface area contributed by atoms with E-state index in [1.54, 1.807) is 0 Å². The molecule has 3 heteroatoms. The summed E-state index contributed by atoms with van der Waals surface area (Å²) in [7, 11) is 0. The summed E-state index contributed by atoms with van der Waals surface area (Å²) in [6.07, 6.45) is 0.948. The van der Waals surface area contributed by atoms with Crippen molar-refractivity contribution < 1.29 is 14.8 Å². The first-order chi connectivity index (χ1) is 6.16. The number of fused-ring (bicyclic) bond motifs is 1. The predicted octanol–water partition coefficient (Wildman–Crippen LogP) is 2.85. The average molecular weight is 200 g/mol. The second-order valence-corrected chi connectivity index (χ2v) is 6.18. The molecular formula is C11H20O3. The van der Waals surface area contributed by atoms with Gasteiger partial charge in [-0.15, -0.1) is 0 Å². The summed E-state index contributed by atoms with van der Waals surface area (Å²) in [4.78, 5) is 10.7. The molecule has 1 aliphatic heterocycles. The van der Waals surface area contributed by atoms with Gasteiger partial charge in [0.1, 0.15) is 11.2 Å². The Hall–Kier alpha value is -0.120. The molecule has 1 heterocycles. The van der Waals surface area contributed by atoms with Gasteiger partial charge in [0.15, 0.2) is 0 Å². The van der Waals surface area contributed by atoms with E-state index in [1.807, 2.05) is 0 Å². The molecule has 2 unspecified atom stereocenters. The molecule has 0 radical (unpaired) electrons. The Morgan fingerprint density at radius 2 is 1.43 bits per heavy atom. The number of hydrogen-bond donors (Lipinski definition) is 0. The molecular weight excluding hydrogens is 180 g/mol. The molecule has 2 fully saturated rings. The van der Waals surface area contributed by atoms with E-state index >= 15 is 0 Å². The maximum absolute atomic E-state index is 5.40. The van der Waals surface area contributed by atoms with Crippen LogP contribution in [0.1, 0.15) is 48.0 Å². The third kappa shape index (κ3) is 0.841. The normalized spacial score (nSPS) is 49.3. The van der Waals surface area contributed by atoms with Crippen molar-refractivity contribution in [2.75, 3.05) is 0 Å². The summed E-state index contributed by atoms with van der Waals surface area (Å²) < 4.78 is 0. The molecule has 0 aromatic carbocycles. The van der Waals surface area contributed by atoms with Crippen molar-refractivity contribution in [1.29, 1.82) is 0 Å².